The van der Waals surface area contributed by atoms with Crippen LogP contribution in [0.25, 0.3) is 11.3 Å². The lowest BCUT2D eigenvalue weighted by atomic mass is 10.1. The molecule has 6 nitrogen and oxygen atoms in total. The number of carbonyl (C=O) groups is 1. The van der Waals surface area contributed by atoms with Crippen molar-refractivity contribution < 1.29 is 4.79 Å². The van der Waals surface area contributed by atoms with Crippen LogP contribution in [0, 0.1) is 6.92 Å². The first-order valence-corrected chi connectivity index (χ1v) is 10.2. The molecular formula is C25H25N5O. The number of anilines is 3. The summed E-state index contributed by atoms with van der Waals surface area (Å²) in [5, 5.41) is 6.17. The largest absolute Gasteiger partial charge is 0.324 e. The average Bonchev–Trinajstić information content (AvgIpc) is 2.84. The van der Waals surface area contributed by atoms with Crippen molar-refractivity contribution in [2.75, 3.05) is 10.6 Å². The molecule has 0 spiro atoms. The summed E-state index contributed by atoms with van der Waals surface area (Å²) in [5.74, 6) is 0.324. The number of amides is 1. The number of nitrogens with one attached hydrogen (secondary N) is 2. The summed E-state index contributed by atoms with van der Waals surface area (Å²) in [4.78, 5) is 25.3. The van der Waals surface area contributed by atoms with Crippen molar-refractivity contribution in [1.82, 2.24) is 15.0 Å². The van der Waals surface area contributed by atoms with E-state index in [4.69, 9.17) is 0 Å². The van der Waals surface area contributed by atoms with Gasteiger partial charge in [0.25, 0.3) is 5.91 Å². The van der Waals surface area contributed by atoms with Crippen LogP contribution in [0.1, 0.15) is 29.8 Å². The number of benzene rings is 2. The Hall–Kier alpha value is -4.06. The first kappa shape index (κ1) is 21.6. The lowest BCUT2D eigenvalue weighted by molar-refractivity contribution is 0.102. The van der Waals surface area contributed by atoms with Crippen molar-refractivity contribution in [3.63, 3.8) is 0 Å². The molecule has 0 atom stereocenters. The zero-order valence-electron chi connectivity index (χ0n) is 17.8. The van der Waals surface area contributed by atoms with Gasteiger partial charge in [-0.05, 0) is 55.0 Å². The Balaban J connectivity index is 0.00000132. The third-order valence-corrected chi connectivity index (χ3v) is 4.41. The van der Waals surface area contributed by atoms with Crippen molar-refractivity contribution in [3.05, 3.63) is 96.4 Å². The molecule has 0 bridgehead atoms. The van der Waals surface area contributed by atoms with Crippen LogP contribution in [0.3, 0.4) is 0 Å². The molecule has 0 radical (unpaired) electrons. The zero-order valence-corrected chi connectivity index (χ0v) is 17.8. The maximum atomic E-state index is 12.4. The molecule has 4 aromatic rings. The third kappa shape index (κ3) is 5.73. The van der Waals surface area contributed by atoms with Crippen LogP contribution in [-0.2, 0) is 0 Å². The van der Waals surface area contributed by atoms with Crippen molar-refractivity contribution >= 4 is 23.2 Å². The molecule has 2 aromatic carbocycles. The smallest absolute Gasteiger partial charge is 0.255 e. The summed E-state index contributed by atoms with van der Waals surface area (Å²) in [7, 11) is 0. The van der Waals surface area contributed by atoms with Gasteiger partial charge in [-0.2, -0.15) is 0 Å². The number of rotatable bonds is 5. The van der Waals surface area contributed by atoms with E-state index in [0.717, 1.165) is 22.5 Å². The minimum atomic E-state index is -0.156. The molecule has 31 heavy (non-hydrogen) atoms. The molecule has 0 aliphatic rings. The molecule has 1 amide bonds. The number of hydrogen-bond donors (Lipinski definition) is 2. The highest BCUT2D eigenvalue weighted by atomic mass is 16.1. The summed E-state index contributed by atoms with van der Waals surface area (Å²) in [5.41, 5.74) is 4.90. The number of aryl methyl sites for hydroxylation is 1. The number of hydrogen-bond acceptors (Lipinski definition) is 5. The molecule has 0 saturated carbocycles. The van der Waals surface area contributed by atoms with Gasteiger partial charge in [0.2, 0.25) is 5.95 Å². The van der Waals surface area contributed by atoms with Crippen molar-refractivity contribution in [1.29, 1.82) is 0 Å². The molecule has 0 saturated heterocycles. The van der Waals surface area contributed by atoms with Crippen LogP contribution in [0.2, 0.25) is 0 Å². The van der Waals surface area contributed by atoms with Gasteiger partial charge in [0.05, 0.1) is 5.69 Å². The fraction of sp³-hybridized carbons (Fsp3) is 0.120. The third-order valence-electron chi connectivity index (χ3n) is 4.41. The Bertz CT molecular complexity index is 1130. The average molecular weight is 412 g/mol. The summed E-state index contributed by atoms with van der Waals surface area (Å²) in [6.07, 6.45) is 5.17. The Kier molecular flexibility index (Phi) is 7.43. The van der Waals surface area contributed by atoms with Gasteiger partial charge >= 0.3 is 0 Å². The number of pyridine rings is 1. The number of carbonyl (C=O) groups excluding carboxylic acids is 1. The Morgan fingerprint density at radius 2 is 1.61 bits per heavy atom. The van der Waals surface area contributed by atoms with E-state index in [0.29, 0.717) is 17.2 Å². The molecule has 0 aliphatic heterocycles. The first-order chi connectivity index (χ1) is 15.2. The number of nitrogens with zero attached hydrogens (tertiary/aromatic N) is 3. The van der Waals surface area contributed by atoms with Gasteiger partial charge in [-0.3, -0.25) is 9.78 Å². The minimum Gasteiger partial charge on any atom is -0.324 e. The Morgan fingerprint density at radius 3 is 2.35 bits per heavy atom. The van der Waals surface area contributed by atoms with Crippen LogP contribution in [-0.4, -0.2) is 20.9 Å². The van der Waals surface area contributed by atoms with E-state index < -0.39 is 0 Å². The maximum absolute atomic E-state index is 12.4. The molecule has 0 fully saturated rings. The Labute approximate surface area is 182 Å². The minimum absolute atomic E-state index is 0.156. The second kappa shape index (κ2) is 10.6. The Morgan fingerprint density at radius 1 is 0.871 bits per heavy atom. The van der Waals surface area contributed by atoms with Gasteiger partial charge in [-0.1, -0.05) is 38.1 Å². The molecular weight excluding hydrogens is 386 g/mol. The molecule has 6 heteroatoms. The van der Waals surface area contributed by atoms with Crippen molar-refractivity contribution in [2.45, 2.75) is 20.8 Å². The highest BCUT2D eigenvalue weighted by molar-refractivity contribution is 6.04. The maximum Gasteiger partial charge on any atom is 0.255 e. The van der Waals surface area contributed by atoms with E-state index in [1.54, 1.807) is 30.7 Å². The SMILES string of the molecule is CC.Cc1ccc(NC(=O)c2ccccc2)cc1Nc1nccc(-c2ccncc2)n1. The first-order valence-electron chi connectivity index (χ1n) is 10.2. The fourth-order valence-corrected chi connectivity index (χ4v) is 2.85. The molecule has 156 valence electrons. The van der Waals surface area contributed by atoms with Gasteiger partial charge in [0.1, 0.15) is 0 Å². The quantitative estimate of drug-likeness (QED) is 0.429. The summed E-state index contributed by atoms with van der Waals surface area (Å²) in [6, 6.07) is 20.4. The second-order valence-electron chi connectivity index (χ2n) is 6.48. The predicted octanol–water partition coefficient (Wildman–Crippen LogP) is 5.87. The molecule has 0 aliphatic carbocycles. The van der Waals surface area contributed by atoms with E-state index >= 15 is 0 Å². The van der Waals surface area contributed by atoms with E-state index in [2.05, 4.69) is 25.6 Å². The van der Waals surface area contributed by atoms with Gasteiger partial charge in [0.15, 0.2) is 0 Å². The molecule has 2 heterocycles. The normalized spacial score (nSPS) is 9.90. The van der Waals surface area contributed by atoms with Gasteiger partial charge < -0.3 is 10.6 Å². The standard InChI is InChI=1S/C23H19N5O.C2H6/c1-16-7-8-19(26-22(29)18-5-3-2-4-6-18)15-21(16)28-23-25-14-11-20(27-23)17-9-12-24-13-10-17;1-2/h2-15H,1H3,(H,26,29)(H,25,27,28);1-2H3. The van der Waals surface area contributed by atoms with Gasteiger partial charge in [0, 0.05) is 41.1 Å². The molecule has 0 unspecified atom stereocenters. The van der Waals surface area contributed by atoms with Crippen LogP contribution in [0.15, 0.2) is 85.3 Å². The van der Waals surface area contributed by atoms with E-state index in [9.17, 15) is 4.79 Å². The highest BCUT2D eigenvalue weighted by Gasteiger charge is 2.09. The highest BCUT2D eigenvalue weighted by Crippen LogP contribution is 2.24. The lowest BCUT2D eigenvalue weighted by Gasteiger charge is -2.12. The van der Waals surface area contributed by atoms with Crippen LogP contribution < -0.4 is 10.6 Å². The van der Waals surface area contributed by atoms with E-state index in [-0.39, 0.29) is 5.91 Å². The molecule has 2 N–H and O–H groups in total. The summed E-state index contributed by atoms with van der Waals surface area (Å²) >= 11 is 0. The number of aromatic nitrogens is 3. The lowest BCUT2D eigenvalue weighted by Crippen LogP contribution is -2.12. The second-order valence-corrected chi connectivity index (χ2v) is 6.48. The van der Waals surface area contributed by atoms with Crippen LogP contribution in [0.4, 0.5) is 17.3 Å². The fourth-order valence-electron chi connectivity index (χ4n) is 2.85. The summed E-state index contributed by atoms with van der Waals surface area (Å²) < 4.78 is 0. The molecule has 2 aromatic heterocycles. The van der Waals surface area contributed by atoms with Gasteiger partial charge in [-0.15, -0.1) is 0 Å². The topological polar surface area (TPSA) is 79.8 Å². The predicted molar refractivity (Wildman–Crippen MR) is 125 cm³/mol. The van der Waals surface area contributed by atoms with Crippen LogP contribution in [0.5, 0.6) is 0 Å². The summed E-state index contributed by atoms with van der Waals surface area (Å²) in [6.45, 7) is 5.98. The van der Waals surface area contributed by atoms with Crippen LogP contribution >= 0.6 is 0 Å². The van der Waals surface area contributed by atoms with Crippen molar-refractivity contribution in [2.24, 2.45) is 0 Å². The van der Waals surface area contributed by atoms with E-state index in [1.807, 2.05) is 75.4 Å². The van der Waals surface area contributed by atoms with E-state index in [1.165, 1.54) is 0 Å². The van der Waals surface area contributed by atoms with Gasteiger partial charge in [-0.25, -0.2) is 9.97 Å². The van der Waals surface area contributed by atoms with Crippen molar-refractivity contribution in [3.8, 4) is 11.3 Å². The molecule has 4 rings (SSSR count). The monoisotopic (exact) mass is 411 g/mol. The zero-order chi connectivity index (χ0) is 22.1.